The van der Waals surface area contributed by atoms with Crippen molar-refractivity contribution >= 4 is 0 Å². The lowest BCUT2D eigenvalue weighted by molar-refractivity contribution is -0.0153. The van der Waals surface area contributed by atoms with E-state index in [0.29, 0.717) is 21.7 Å². The number of hydrogen-bond acceptors (Lipinski definition) is 0. The summed E-state index contributed by atoms with van der Waals surface area (Å²) in [5, 5.41) is 0. The number of fused-ring (bicyclic) bond motifs is 3. The molecule has 0 saturated heterocycles. The summed E-state index contributed by atoms with van der Waals surface area (Å²) in [4.78, 5) is 0. The summed E-state index contributed by atoms with van der Waals surface area (Å²) in [6.07, 6.45) is 10.2. The summed E-state index contributed by atoms with van der Waals surface area (Å²) in [6.45, 7) is 31.0. The van der Waals surface area contributed by atoms with Crippen LogP contribution in [-0.4, -0.2) is 0 Å². The molecule has 0 nitrogen and oxygen atoms in total. The van der Waals surface area contributed by atoms with Crippen LogP contribution in [0, 0.1) is 80.8 Å². The highest BCUT2D eigenvalue weighted by atomic mass is 14.7. The van der Waals surface area contributed by atoms with Crippen LogP contribution < -0.4 is 0 Å². The van der Waals surface area contributed by atoms with Crippen molar-refractivity contribution in [2.45, 2.75) is 134 Å². The molecule has 11 unspecified atom stereocenters. The smallest absolute Gasteiger partial charge is 0.0125 e. The highest BCUT2D eigenvalue weighted by Gasteiger charge is 2.63. The van der Waals surface area contributed by atoms with Gasteiger partial charge in [0.25, 0.3) is 0 Å². The molecule has 4 aliphatic rings. The third-order valence-corrected chi connectivity index (χ3v) is 14.0. The maximum atomic E-state index is 2.78. The molecular weight excluding hydrogens is 480 g/mol. The van der Waals surface area contributed by atoms with Gasteiger partial charge in [0, 0.05) is 0 Å². The van der Waals surface area contributed by atoms with Crippen molar-refractivity contribution < 1.29 is 0 Å². The van der Waals surface area contributed by atoms with E-state index in [2.05, 4.69) is 113 Å². The van der Waals surface area contributed by atoms with Crippen molar-refractivity contribution in [2.24, 2.45) is 80.8 Å². The van der Waals surface area contributed by atoms with E-state index in [-0.39, 0.29) is 0 Å². The Balaban J connectivity index is 1.59. The van der Waals surface area contributed by atoms with Crippen LogP contribution in [-0.2, 0) is 0 Å². The van der Waals surface area contributed by atoms with Gasteiger partial charge in [-0.2, -0.15) is 0 Å². The van der Waals surface area contributed by atoms with Gasteiger partial charge in [0.2, 0.25) is 0 Å². The molecule has 4 aliphatic carbocycles. The van der Waals surface area contributed by atoms with Crippen LogP contribution in [0.15, 0.2) is 30.3 Å². The van der Waals surface area contributed by atoms with E-state index >= 15 is 0 Å². The lowest BCUT2D eigenvalue weighted by atomic mass is 9.54. The molecule has 0 spiro atoms. The number of rotatable bonds is 3. The Morgan fingerprint density at radius 1 is 0.550 bits per heavy atom. The molecule has 40 heavy (non-hydrogen) atoms. The fourth-order valence-corrected chi connectivity index (χ4v) is 11.7. The van der Waals surface area contributed by atoms with Gasteiger partial charge in [0.05, 0.1) is 0 Å². The van der Waals surface area contributed by atoms with Crippen LogP contribution in [0.2, 0.25) is 0 Å². The van der Waals surface area contributed by atoms with Gasteiger partial charge in [-0.1, -0.05) is 113 Å². The highest BCUT2D eigenvalue weighted by molar-refractivity contribution is 5.25. The van der Waals surface area contributed by atoms with E-state index in [9.17, 15) is 0 Å². The number of hydrogen-bond donors (Lipinski definition) is 0. The molecule has 0 heteroatoms. The fraction of sp³-hybridized carbons (Fsp3) is 0.850. The first kappa shape index (κ1) is 30.7. The molecule has 0 amide bonds. The highest BCUT2D eigenvalue weighted by Crippen LogP contribution is 2.70. The SMILES string of the molecule is CC1CC(C(C)(C)C)CC1C(C)(C)C1C2CC(C(C)(C)C)CCC2C2C(c3ccccc3)CC(C(C)(C)C)CC21. The second kappa shape index (κ2) is 10.4. The van der Waals surface area contributed by atoms with E-state index < -0.39 is 0 Å². The lowest BCUT2D eigenvalue weighted by Crippen LogP contribution is -2.44. The quantitative estimate of drug-likeness (QED) is 0.353. The Morgan fingerprint density at radius 2 is 1.10 bits per heavy atom. The van der Waals surface area contributed by atoms with Gasteiger partial charge in [0.15, 0.2) is 0 Å². The second-order valence-corrected chi connectivity index (χ2v) is 19.5. The summed E-state index contributed by atoms with van der Waals surface area (Å²) in [5.74, 6) is 9.50. The maximum Gasteiger partial charge on any atom is -0.0125 e. The second-order valence-electron chi connectivity index (χ2n) is 19.5. The van der Waals surface area contributed by atoms with Crippen molar-refractivity contribution in [3.8, 4) is 0 Å². The van der Waals surface area contributed by atoms with Crippen LogP contribution in [0.4, 0.5) is 0 Å². The molecule has 0 N–H and O–H groups in total. The molecule has 0 bridgehead atoms. The average Bonchev–Trinajstić information content (AvgIpc) is 3.41. The van der Waals surface area contributed by atoms with Gasteiger partial charge >= 0.3 is 0 Å². The Kier molecular flexibility index (Phi) is 8.00. The van der Waals surface area contributed by atoms with Gasteiger partial charge in [-0.3, -0.25) is 0 Å². The van der Waals surface area contributed by atoms with Crippen LogP contribution in [0.1, 0.15) is 140 Å². The van der Waals surface area contributed by atoms with Gasteiger partial charge < -0.3 is 0 Å². The van der Waals surface area contributed by atoms with E-state index in [4.69, 9.17) is 0 Å². The molecule has 5 rings (SSSR count). The van der Waals surface area contributed by atoms with Crippen LogP contribution in [0.25, 0.3) is 0 Å². The average molecular weight is 547 g/mol. The summed E-state index contributed by atoms with van der Waals surface area (Å²) < 4.78 is 0. The maximum absolute atomic E-state index is 2.78. The van der Waals surface area contributed by atoms with Crippen LogP contribution >= 0.6 is 0 Å². The Hall–Kier alpha value is -0.780. The largest absolute Gasteiger partial charge is 0.0622 e. The minimum absolute atomic E-state index is 0.381. The van der Waals surface area contributed by atoms with Crippen LogP contribution in [0.3, 0.4) is 0 Å². The van der Waals surface area contributed by atoms with Crippen molar-refractivity contribution in [2.75, 3.05) is 0 Å². The third-order valence-electron chi connectivity index (χ3n) is 14.0. The molecule has 0 heterocycles. The first-order valence-corrected chi connectivity index (χ1v) is 17.5. The van der Waals surface area contributed by atoms with E-state index in [1.807, 2.05) is 0 Å². The van der Waals surface area contributed by atoms with Crippen molar-refractivity contribution in [1.29, 1.82) is 0 Å². The van der Waals surface area contributed by atoms with E-state index in [1.165, 1.54) is 44.9 Å². The third kappa shape index (κ3) is 5.50. The zero-order valence-corrected chi connectivity index (χ0v) is 28.7. The zero-order valence-electron chi connectivity index (χ0n) is 28.7. The predicted octanol–water partition coefficient (Wildman–Crippen LogP) is 11.9. The van der Waals surface area contributed by atoms with E-state index in [0.717, 1.165) is 65.1 Å². The molecule has 0 aromatic heterocycles. The molecule has 11 atom stereocenters. The summed E-state index contributed by atoms with van der Waals surface area (Å²) >= 11 is 0. The van der Waals surface area contributed by atoms with Crippen molar-refractivity contribution in [3.63, 3.8) is 0 Å². The lowest BCUT2D eigenvalue weighted by Gasteiger charge is -2.51. The fourth-order valence-electron chi connectivity index (χ4n) is 11.7. The van der Waals surface area contributed by atoms with Crippen molar-refractivity contribution in [1.82, 2.24) is 0 Å². The molecule has 0 radical (unpaired) electrons. The molecule has 4 fully saturated rings. The minimum Gasteiger partial charge on any atom is -0.0622 e. The summed E-state index contributed by atoms with van der Waals surface area (Å²) in [7, 11) is 0. The topological polar surface area (TPSA) is 0 Å². The number of benzene rings is 1. The van der Waals surface area contributed by atoms with Crippen LogP contribution in [0.5, 0.6) is 0 Å². The normalized spacial score (nSPS) is 41.0. The summed E-state index contributed by atoms with van der Waals surface area (Å²) in [5.41, 5.74) is 3.30. The van der Waals surface area contributed by atoms with Gasteiger partial charge in [-0.15, -0.1) is 0 Å². The van der Waals surface area contributed by atoms with Gasteiger partial charge in [-0.25, -0.2) is 0 Å². The van der Waals surface area contributed by atoms with Crippen molar-refractivity contribution in [3.05, 3.63) is 35.9 Å². The molecule has 0 aliphatic heterocycles. The molecule has 4 saturated carbocycles. The Bertz CT molecular complexity index is 993. The minimum atomic E-state index is 0.381. The van der Waals surface area contributed by atoms with Gasteiger partial charge in [0.1, 0.15) is 0 Å². The molecular formula is C40H66. The molecule has 226 valence electrons. The first-order chi connectivity index (χ1) is 18.4. The molecule has 1 aromatic carbocycles. The predicted molar refractivity (Wildman–Crippen MR) is 174 cm³/mol. The molecule has 1 aromatic rings. The summed E-state index contributed by atoms with van der Waals surface area (Å²) in [6, 6.07) is 11.9. The first-order valence-electron chi connectivity index (χ1n) is 17.5. The standard InChI is InChI=1S/C40H66/c1-25-20-28(38(5,6)7)24-34(25)40(11,12)36-32-21-27(37(2,3)4)18-19-30(32)35-31(26-16-14-13-15-17-26)22-29(23-33(35)36)39(8,9)10/h13-17,25,27-36H,18-24H2,1-12H3. The monoisotopic (exact) mass is 547 g/mol. The Morgan fingerprint density at radius 3 is 1.65 bits per heavy atom. The van der Waals surface area contributed by atoms with E-state index in [1.54, 1.807) is 5.56 Å². The Labute approximate surface area is 250 Å². The van der Waals surface area contributed by atoms with Gasteiger partial charge in [-0.05, 0) is 137 Å². The zero-order chi connectivity index (χ0) is 29.4.